The Bertz CT molecular complexity index is 769. The molecule has 0 saturated carbocycles. The van der Waals surface area contributed by atoms with Crippen LogP contribution in [-0.4, -0.2) is 8.42 Å². The molecule has 0 aliphatic carbocycles. The van der Waals surface area contributed by atoms with E-state index in [0.717, 1.165) is 27.5 Å². The molecule has 0 aliphatic rings. The van der Waals surface area contributed by atoms with Gasteiger partial charge in [0.05, 0.1) is 5.69 Å². The van der Waals surface area contributed by atoms with E-state index in [9.17, 15) is 12.8 Å². The number of thiophene rings is 1. The van der Waals surface area contributed by atoms with Crippen molar-refractivity contribution in [2.24, 2.45) is 0 Å². The minimum Gasteiger partial charge on any atom is -0.398 e. The third kappa shape index (κ3) is 3.42. The van der Waals surface area contributed by atoms with Gasteiger partial charge in [-0.3, -0.25) is 0 Å². The highest BCUT2D eigenvalue weighted by Crippen LogP contribution is 2.28. The van der Waals surface area contributed by atoms with Gasteiger partial charge in [-0.25, -0.2) is 17.5 Å². The molecule has 1 heterocycles. The molecule has 0 saturated heterocycles. The van der Waals surface area contributed by atoms with E-state index < -0.39 is 15.8 Å². The van der Waals surface area contributed by atoms with Crippen molar-refractivity contribution in [3.63, 3.8) is 0 Å². The second-order valence-electron chi connectivity index (χ2n) is 4.89. The molecule has 3 N–H and O–H groups in total. The van der Waals surface area contributed by atoms with Crippen LogP contribution in [0, 0.1) is 19.7 Å². The first kappa shape index (κ1) is 15.9. The van der Waals surface area contributed by atoms with Crippen LogP contribution in [0.4, 0.5) is 10.1 Å². The average molecular weight is 328 g/mol. The fraction of sp³-hybridized carbons (Fsp3) is 0.286. The van der Waals surface area contributed by atoms with Crippen LogP contribution >= 0.6 is 11.3 Å². The highest BCUT2D eigenvalue weighted by Gasteiger charge is 2.22. The summed E-state index contributed by atoms with van der Waals surface area (Å²) in [6.45, 7) is 5.69. The molecule has 1 aromatic heterocycles. The van der Waals surface area contributed by atoms with Crippen LogP contribution in [-0.2, 0) is 10.0 Å². The highest BCUT2D eigenvalue weighted by molar-refractivity contribution is 7.89. The molecule has 0 fully saturated rings. The second-order valence-corrected chi connectivity index (χ2v) is 8.04. The Balaban J connectivity index is 2.31. The Labute approximate surface area is 127 Å². The third-order valence-electron chi connectivity index (χ3n) is 3.14. The van der Waals surface area contributed by atoms with E-state index >= 15 is 0 Å². The van der Waals surface area contributed by atoms with Gasteiger partial charge in [0.15, 0.2) is 0 Å². The van der Waals surface area contributed by atoms with Crippen molar-refractivity contribution in [1.82, 2.24) is 4.72 Å². The van der Waals surface area contributed by atoms with E-state index in [1.54, 1.807) is 18.3 Å². The van der Waals surface area contributed by atoms with E-state index in [1.807, 2.05) is 19.9 Å². The Hall–Kier alpha value is -1.44. The number of halogens is 1. The summed E-state index contributed by atoms with van der Waals surface area (Å²) in [5.41, 5.74) is 6.43. The van der Waals surface area contributed by atoms with Gasteiger partial charge in [0, 0.05) is 15.8 Å². The maximum atomic E-state index is 13.0. The molecule has 2 rings (SSSR count). The zero-order valence-corrected chi connectivity index (χ0v) is 13.6. The lowest BCUT2D eigenvalue weighted by Crippen LogP contribution is -2.27. The molecule has 114 valence electrons. The Kier molecular flexibility index (Phi) is 4.36. The lowest BCUT2D eigenvalue weighted by atomic mass is 10.1. The Morgan fingerprint density at radius 2 is 1.95 bits per heavy atom. The number of nitrogens with two attached hydrogens (primary N) is 1. The minimum atomic E-state index is -3.80. The number of rotatable bonds is 4. The van der Waals surface area contributed by atoms with E-state index in [0.29, 0.717) is 0 Å². The number of hydrogen-bond donors (Lipinski definition) is 2. The molecule has 1 atom stereocenters. The lowest BCUT2D eigenvalue weighted by Gasteiger charge is -2.15. The molecule has 0 radical (unpaired) electrons. The third-order valence-corrected chi connectivity index (χ3v) is 5.74. The summed E-state index contributed by atoms with van der Waals surface area (Å²) in [6.07, 6.45) is 0. The lowest BCUT2D eigenvalue weighted by molar-refractivity contribution is 0.566. The van der Waals surface area contributed by atoms with Crippen LogP contribution in [0.2, 0.25) is 0 Å². The van der Waals surface area contributed by atoms with Crippen molar-refractivity contribution in [2.75, 3.05) is 5.73 Å². The molecule has 7 heteroatoms. The number of aryl methyl sites for hydroxylation is 2. The Morgan fingerprint density at radius 3 is 2.48 bits per heavy atom. The predicted molar refractivity (Wildman–Crippen MR) is 83.3 cm³/mol. The minimum absolute atomic E-state index is 0.104. The summed E-state index contributed by atoms with van der Waals surface area (Å²) in [4.78, 5) is 2.07. The molecule has 1 aromatic carbocycles. The molecular weight excluding hydrogens is 311 g/mol. The van der Waals surface area contributed by atoms with Crippen molar-refractivity contribution in [1.29, 1.82) is 0 Å². The van der Waals surface area contributed by atoms with Crippen LogP contribution in [0.5, 0.6) is 0 Å². The van der Waals surface area contributed by atoms with Crippen molar-refractivity contribution < 1.29 is 12.8 Å². The maximum absolute atomic E-state index is 13.0. The van der Waals surface area contributed by atoms with Gasteiger partial charge in [0.1, 0.15) is 10.7 Å². The quantitative estimate of drug-likeness (QED) is 0.847. The maximum Gasteiger partial charge on any atom is 0.243 e. The van der Waals surface area contributed by atoms with Crippen molar-refractivity contribution in [2.45, 2.75) is 31.7 Å². The van der Waals surface area contributed by atoms with Gasteiger partial charge in [-0.1, -0.05) is 0 Å². The Morgan fingerprint density at radius 1 is 1.29 bits per heavy atom. The highest BCUT2D eigenvalue weighted by atomic mass is 32.2. The van der Waals surface area contributed by atoms with Gasteiger partial charge in [0.2, 0.25) is 10.0 Å². The SMILES string of the molecule is Cc1cc(C(C)NS(=O)(=O)c2ccc(F)cc2N)c(C)s1. The predicted octanol–water partition coefficient (Wildman–Crippen LogP) is 3.13. The smallest absolute Gasteiger partial charge is 0.243 e. The van der Waals surface area contributed by atoms with Crippen molar-refractivity contribution in [3.05, 3.63) is 45.4 Å². The van der Waals surface area contributed by atoms with E-state index in [1.165, 1.54) is 6.07 Å². The van der Waals surface area contributed by atoms with E-state index in [2.05, 4.69) is 4.72 Å². The summed E-state index contributed by atoms with van der Waals surface area (Å²) in [5.74, 6) is -0.566. The molecule has 2 aromatic rings. The second kappa shape index (κ2) is 5.75. The molecule has 0 bridgehead atoms. The molecule has 0 amide bonds. The molecule has 4 nitrogen and oxygen atoms in total. The van der Waals surface area contributed by atoms with Gasteiger partial charge in [0.25, 0.3) is 0 Å². The van der Waals surface area contributed by atoms with Crippen molar-refractivity contribution >= 4 is 27.0 Å². The normalized spacial score (nSPS) is 13.3. The van der Waals surface area contributed by atoms with Gasteiger partial charge in [-0.2, -0.15) is 0 Å². The first-order chi connectivity index (χ1) is 9.70. The van der Waals surface area contributed by atoms with Crippen molar-refractivity contribution in [3.8, 4) is 0 Å². The average Bonchev–Trinajstić information content (AvgIpc) is 2.67. The zero-order valence-electron chi connectivity index (χ0n) is 12.0. The van der Waals surface area contributed by atoms with Gasteiger partial charge in [-0.15, -0.1) is 11.3 Å². The topological polar surface area (TPSA) is 72.2 Å². The van der Waals surface area contributed by atoms with E-state index in [-0.39, 0.29) is 16.6 Å². The molecular formula is C14H17FN2O2S2. The first-order valence-electron chi connectivity index (χ1n) is 6.35. The number of anilines is 1. The molecule has 1 unspecified atom stereocenters. The van der Waals surface area contributed by atoms with Crippen LogP contribution in [0.15, 0.2) is 29.2 Å². The van der Waals surface area contributed by atoms with Crippen LogP contribution < -0.4 is 10.5 Å². The monoisotopic (exact) mass is 328 g/mol. The van der Waals surface area contributed by atoms with Crippen LogP contribution in [0.1, 0.15) is 28.3 Å². The fourth-order valence-electron chi connectivity index (χ4n) is 2.20. The van der Waals surface area contributed by atoms with Gasteiger partial charge >= 0.3 is 0 Å². The summed E-state index contributed by atoms with van der Waals surface area (Å²) < 4.78 is 40.3. The number of benzene rings is 1. The number of nitrogen functional groups attached to an aromatic ring is 1. The van der Waals surface area contributed by atoms with E-state index in [4.69, 9.17) is 5.73 Å². The summed E-state index contributed by atoms with van der Waals surface area (Å²) >= 11 is 1.62. The summed E-state index contributed by atoms with van der Waals surface area (Å²) in [7, 11) is -3.80. The zero-order chi connectivity index (χ0) is 15.8. The summed E-state index contributed by atoms with van der Waals surface area (Å²) in [5, 5.41) is 0. The number of hydrogen-bond acceptors (Lipinski definition) is 4. The van der Waals surface area contributed by atoms with Gasteiger partial charge in [-0.05, 0) is 50.6 Å². The van der Waals surface area contributed by atoms with Gasteiger partial charge < -0.3 is 5.73 Å². The number of nitrogens with one attached hydrogen (secondary N) is 1. The fourth-order valence-corrected chi connectivity index (χ4v) is 4.56. The standard InChI is InChI=1S/C14H17FN2O2S2/c1-8-6-12(10(3)20-8)9(2)17-21(18,19)14-5-4-11(15)7-13(14)16/h4-7,9,17H,16H2,1-3H3. The molecule has 21 heavy (non-hydrogen) atoms. The largest absolute Gasteiger partial charge is 0.398 e. The van der Waals surface area contributed by atoms with Crippen LogP contribution in [0.3, 0.4) is 0 Å². The van der Waals surface area contributed by atoms with Crippen LogP contribution in [0.25, 0.3) is 0 Å². The number of sulfonamides is 1. The summed E-state index contributed by atoms with van der Waals surface area (Å²) in [6, 6.07) is 4.82. The first-order valence-corrected chi connectivity index (χ1v) is 8.65. The molecule has 0 spiro atoms. The molecule has 0 aliphatic heterocycles.